The first kappa shape index (κ1) is 18.5. The summed E-state index contributed by atoms with van der Waals surface area (Å²) in [6, 6.07) is 3.67. The molecule has 22 heavy (non-hydrogen) atoms. The van der Waals surface area contributed by atoms with E-state index in [1.807, 2.05) is 18.2 Å². The van der Waals surface area contributed by atoms with Crippen LogP contribution in [-0.2, 0) is 10.8 Å². The number of benzene rings is 1. The molecule has 0 amide bonds. The number of allylic oxidation sites excluding steroid dienone is 2. The molecular weight excluding hydrogens is 272 g/mol. The molecule has 0 fully saturated rings. The highest BCUT2D eigenvalue weighted by Gasteiger charge is 2.27. The lowest BCUT2D eigenvalue weighted by atomic mass is 9.78. The number of carbonyl (C=O) groups excluding carboxylic acids is 1. The summed E-state index contributed by atoms with van der Waals surface area (Å²) in [4.78, 5) is 12.4. The van der Waals surface area contributed by atoms with Crippen molar-refractivity contribution in [1.82, 2.24) is 0 Å². The fourth-order valence-electron chi connectivity index (χ4n) is 2.37. The second-order valence-corrected chi connectivity index (χ2v) is 7.98. The summed E-state index contributed by atoms with van der Waals surface area (Å²) in [5.41, 5.74) is 1.88. The predicted octanol–water partition coefficient (Wildman–Crippen LogP) is 5.53. The van der Waals surface area contributed by atoms with Gasteiger partial charge < -0.3 is 5.11 Å². The zero-order valence-corrected chi connectivity index (χ0v) is 15.1. The van der Waals surface area contributed by atoms with Crippen molar-refractivity contribution in [1.29, 1.82) is 0 Å². The molecule has 0 atom stereocenters. The molecule has 0 aliphatic rings. The highest BCUT2D eigenvalue weighted by atomic mass is 16.3. The molecule has 2 nitrogen and oxygen atoms in total. The van der Waals surface area contributed by atoms with Crippen LogP contribution in [0.15, 0.2) is 24.3 Å². The molecule has 1 aromatic rings. The van der Waals surface area contributed by atoms with Crippen molar-refractivity contribution in [2.24, 2.45) is 0 Å². The average molecular weight is 302 g/mol. The topological polar surface area (TPSA) is 37.3 Å². The maximum atomic E-state index is 12.4. The molecule has 0 aliphatic heterocycles. The van der Waals surface area contributed by atoms with Crippen LogP contribution in [0.2, 0.25) is 0 Å². The molecule has 0 aromatic heterocycles. The van der Waals surface area contributed by atoms with E-state index in [0.717, 1.165) is 24.0 Å². The summed E-state index contributed by atoms with van der Waals surface area (Å²) in [6.07, 6.45) is 5.50. The van der Waals surface area contributed by atoms with Gasteiger partial charge in [0.2, 0.25) is 0 Å². The van der Waals surface area contributed by atoms with Gasteiger partial charge in [-0.2, -0.15) is 0 Å². The van der Waals surface area contributed by atoms with Crippen molar-refractivity contribution in [3.8, 4) is 5.75 Å². The molecule has 0 radical (unpaired) electrons. The van der Waals surface area contributed by atoms with E-state index in [2.05, 4.69) is 48.5 Å². The summed E-state index contributed by atoms with van der Waals surface area (Å²) in [7, 11) is 0. The van der Waals surface area contributed by atoms with Crippen LogP contribution in [0.1, 0.15) is 82.8 Å². The standard InChI is InChI=1S/C20H30O2/c1-8-9-10-11-17(21)14-12-15(19(2,3)4)18(22)16(13-14)20(5,6)7/h10-13,22H,8-9H2,1-7H3/b11-10+. The lowest BCUT2D eigenvalue weighted by Crippen LogP contribution is -2.18. The Bertz CT molecular complexity index is 531. The third-order valence-corrected chi connectivity index (χ3v) is 3.74. The third kappa shape index (κ3) is 4.46. The Morgan fingerprint density at radius 2 is 1.50 bits per heavy atom. The van der Waals surface area contributed by atoms with Crippen LogP contribution in [-0.4, -0.2) is 10.9 Å². The Balaban J connectivity index is 3.45. The van der Waals surface area contributed by atoms with E-state index >= 15 is 0 Å². The van der Waals surface area contributed by atoms with Crippen molar-refractivity contribution in [2.45, 2.75) is 72.1 Å². The van der Waals surface area contributed by atoms with Crippen LogP contribution in [0, 0.1) is 0 Å². The molecule has 0 saturated heterocycles. The zero-order valence-electron chi connectivity index (χ0n) is 15.1. The van der Waals surface area contributed by atoms with Gasteiger partial charge in [-0.05, 0) is 35.5 Å². The first-order chi connectivity index (χ1) is 9.98. The molecule has 2 heteroatoms. The van der Waals surface area contributed by atoms with E-state index in [-0.39, 0.29) is 16.6 Å². The molecule has 1 aromatic carbocycles. The molecule has 0 aliphatic carbocycles. The van der Waals surface area contributed by atoms with Gasteiger partial charge in [-0.1, -0.05) is 61.0 Å². The van der Waals surface area contributed by atoms with E-state index in [0.29, 0.717) is 11.3 Å². The van der Waals surface area contributed by atoms with Crippen molar-refractivity contribution in [2.75, 3.05) is 0 Å². The summed E-state index contributed by atoms with van der Waals surface area (Å²) >= 11 is 0. The number of phenolic OH excluding ortho intramolecular Hbond substituents is 1. The summed E-state index contributed by atoms with van der Waals surface area (Å²) < 4.78 is 0. The van der Waals surface area contributed by atoms with Crippen molar-refractivity contribution in [3.05, 3.63) is 41.0 Å². The molecule has 0 bridgehead atoms. The molecule has 0 saturated carbocycles. The fourth-order valence-corrected chi connectivity index (χ4v) is 2.37. The van der Waals surface area contributed by atoms with E-state index in [1.54, 1.807) is 6.08 Å². The van der Waals surface area contributed by atoms with Gasteiger partial charge >= 0.3 is 0 Å². The molecule has 0 unspecified atom stereocenters. The van der Waals surface area contributed by atoms with Crippen LogP contribution in [0.3, 0.4) is 0 Å². The third-order valence-electron chi connectivity index (χ3n) is 3.74. The predicted molar refractivity (Wildman–Crippen MR) is 93.9 cm³/mol. The second-order valence-electron chi connectivity index (χ2n) is 7.98. The minimum Gasteiger partial charge on any atom is -0.507 e. The van der Waals surface area contributed by atoms with Crippen LogP contribution in [0.25, 0.3) is 0 Å². The molecular formula is C20H30O2. The Morgan fingerprint density at radius 1 is 1.05 bits per heavy atom. The van der Waals surface area contributed by atoms with Crippen molar-refractivity contribution >= 4 is 5.78 Å². The van der Waals surface area contributed by atoms with Crippen LogP contribution in [0.4, 0.5) is 0 Å². The van der Waals surface area contributed by atoms with Crippen LogP contribution >= 0.6 is 0 Å². The number of phenols is 1. The number of carbonyl (C=O) groups is 1. The van der Waals surface area contributed by atoms with Gasteiger partial charge in [-0.15, -0.1) is 0 Å². The smallest absolute Gasteiger partial charge is 0.185 e. The summed E-state index contributed by atoms with van der Waals surface area (Å²) in [5.74, 6) is 0.318. The van der Waals surface area contributed by atoms with Gasteiger partial charge in [0.1, 0.15) is 5.75 Å². The summed E-state index contributed by atoms with van der Waals surface area (Å²) in [5, 5.41) is 10.7. The first-order valence-electron chi connectivity index (χ1n) is 8.07. The lowest BCUT2D eigenvalue weighted by Gasteiger charge is -2.27. The van der Waals surface area contributed by atoms with Crippen LogP contribution in [0.5, 0.6) is 5.75 Å². The maximum Gasteiger partial charge on any atom is 0.185 e. The average Bonchev–Trinajstić information content (AvgIpc) is 2.36. The zero-order chi connectivity index (χ0) is 17.1. The quantitative estimate of drug-likeness (QED) is 0.587. The monoisotopic (exact) mass is 302 g/mol. The number of rotatable bonds is 4. The van der Waals surface area contributed by atoms with Crippen molar-refractivity contribution < 1.29 is 9.90 Å². The van der Waals surface area contributed by atoms with E-state index in [4.69, 9.17) is 0 Å². The Labute approximate surface area is 135 Å². The van der Waals surface area contributed by atoms with E-state index < -0.39 is 0 Å². The van der Waals surface area contributed by atoms with Gasteiger partial charge in [-0.25, -0.2) is 0 Å². The number of aromatic hydroxyl groups is 1. The van der Waals surface area contributed by atoms with Gasteiger partial charge in [-0.3, -0.25) is 4.79 Å². The molecule has 1 N–H and O–H groups in total. The molecule has 1 rings (SSSR count). The minimum atomic E-state index is -0.215. The summed E-state index contributed by atoms with van der Waals surface area (Å²) in [6.45, 7) is 14.4. The lowest BCUT2D eigenvalue weighted by molar-refractivity contribution is 0.104. The van der Waals surface area contributed by atoms with E-state index in [9.17, 15) is 9.90 Å². The number of hydrogen-bond acceptors (Lipinski definition) is 2. The van der Waals surface area contributed by atoms with Gasteiger partial charge in [0.05, 0.1) is 0 Å². The van der Waals surface area contributed by atoms with Crippen molar-refractivity contribution in [3.63, 3.8) is 0 Å². The highest BCUT2D eigenvalue weighted by Crippen LogP contribution is 2.39. The van der Waals surface area contributed by atoms with Gasteiger partial charge in [0, 0.05) is 16.7 Å². The Morgan fingerprint density at radius 3 is 1.86 bits per heavy atom. The highest BCUT2D eigenvalue weighted by molar-refractivity contribution is 6.05. The largest absolute Gasteiger partial charge is 0.507 e. The molecule has 122 valence electrons. The number of ketones is 1. The number of unbranched alkanes of at least 4 members (excludes halogenated alkanes) is 1. The fraction of sp³-hybridized carbons (Fsp3) is 0.550. The Hall–Kier alpha value is -1.57. The Kier molecular flexibility index (Phi) is 5.61. The minimum absolute atomic E-state index is 0.00412. The van der Waals surface area contributed by atoms with Gasteiger partial charge in [0.25, 0.3) is 0 Å². The number of hydrogen-bond donors (Lipinski definition) is 1. The second kappa shape index (κ2) is 6.68. The molecule has 0 heterocycles. The SMILES string of the molecule is CCC/C=C/C(=O)c1cc(C(C)(C)C)c(O)c(C(C)(C)C)c1. The van der Waals surface area contributed by atoms with E-state index in [1.165, 1.54) is 0 Å². The maximum absolute atomic E-state index is 12.4. The normalized spacial score (nSPS) is 12.9. The molecule has 0 spiro atoms. The first-order valence-corrected chi connectivity index (χ1v) is 8.07. The van der Waals surface area contributed by atoms with Gasteiger partial charge in [0.15, 0.2) is 5.78 Å². The van der Waals surface area contributed by atoms with Crippen LogP contribution < -0.4 is 0 Å².